The normalized spacial score (nSPS) is 21.1. The number of hydrogen-bond donors (Lipinski definition) is 1. The van der Waals surface area contributed by atoms with Crippen LogP contribution in [0.1, 0.15) is 30.9 Å². The van der Waals surface area contributed by atoms with Gasteiger partial charge in [0, 0.05) is 37.5 Å². The SMILES string of the molecule is Cc1cncc(/C=C/C(=O)N2CCCC(C(C)O)C2)c1. The lowest BCUT2D eigenvalue weighted by molar-refractivity contribution is -0.128. The third-order valence-corrected chi connectivity index (χ3v) is 3.77. The number of likely N-dealkylation sites (tertiary alicyclic amines) is 1. The number of amides is 1. The van der Waals surface area contributed by atoms with Gasteiger partial charge in [0.25, 0.3) is 0 Å². The largest absolute Gasteiger partial charge is 0.393 e. The molecule has 0 aliphatic carbocycles. The minimum Gasteiger partial charge on any atom is -0.393 e. The molecule has 108 valence electrons. The van der Waals surface area contributed by atoms with Gasteiger partial charge in [-0.3, -0.25) is 9.78 Å². The second kappa shape index (κ2) is 6.66. The summed E-state index contributed by atoms with van der Waals surface area (Å²) in [7, 11) is 0. The van der Waals surface area contributed by atoms with Crippen molar-refractivity contribution in [2.75, 3.05) is 13.1 Å². The van der Waals surface area contributed by atoms with Crippen LogP contribution in [0.5, 0.6) is 0 Å². The summed E-state index contributed by atoms with van der Waals surface area (Å²) in [4.78, 5) is 18.1. The molecule has 1 aliphatic heterocycles. The molecule has 0 saturated carbocycles. The molecule has 1 aromatic heterocycles. The maximum absolute atomic E-state index is 12.2. The van der Waals surface area contributed by atoms with Gasteiger partial charge in [-0.2, -0.15) is 0 Å². The van der Waals surface area contributed by atoms with Gasteiger partial charge in [-0.15, -0.1) is 0 Å². The highest BCUT2D eigenvalue weighted by Crippen LogP contribution is 2.20. The Kier molecular flexibility index (Phi) is 4.90. The fourth-order valence-electron chi connectivity index (χ4n) is 2.55. The molecule has 0 aromatic carbocycles. The van der Waals surface area contributed by atoms with Crippen LogP contribution in [-0.4, -0.2) is 40.1 Å². The van der Waals surface area contributed by atoms with Crippen molar-refractivity contribution in [1.29, 1.82) is 0 Å². The lowest BCUT2D eigenvalue weighted by Gasteiger charge is -2.33. The van der Waals surface area contributed by atoms with Gasteiger partial charge >= 0.3 is 0 Å². The standard InChI is InChI=1S/C16H22N2O2/c1-12-8-14(10-17-9-12)5-6-16(20)18-7-3-4-15(11-18)13(2)19/h5-6,8-10,13,15,19H,3-4,7,11H2,1-2H3/b6-5+. The van der Waals surface area contributed by atoms with Crippen LogP contribution in [0.3, 0.4) is 0 Å². The summed E-state index contributed by atoms with van der Waals surface area (Å²) in [5.41, 5.74) is 2.01. The van der Waals surface area contributed by atoms with Crippen molar-refractivity contribution in [3.63, 3.8) is 0 Å². The fraction of sp³-hybridized carbons (Fsp3) is 0.500. The summed E-state index contributed by atoms with van der Waals surface area (Å²) >= 11 is 0. The van der Waals surface area contributed by atoms with Crippen LogP contribution in [0.4, 0.5) is 0 Å². The zero-order chi connectivity index (χ0) is 14.5. The number of aromatic nitrogens is 1. The molecule has 1 amide bonds. The van der Waals surface area contributed by atoms with Crippen LogP contribution in [-0.2, 0) is 4.79 Å². The van der Waals surface area contributed by atoms with Crippen LogP contribution >= 0.6 is 0 Å². The van der Waals surface area contributed by atoms with Gasteiger partial charge in [0.2, 0.25) is 5.91 Å². The first-order valence-corrected chi connectivity index (χ1v) is 7.13. The van der Waals surface area contributed by atoms with Crippen molar-refractivity contribution in [2.24, 2.45) is 5.92 Å². The van der Waals surface area contributed by atoms with Gasteiger partial charge in [0.15, 0.2) is 0 Å². The first kappa shape index (κ1) is 14.7. The van der Waals surface area contributed by atoms with Crippen LogP contribution in [0.15, 0.2) is 24.5 Å². The number of aliphatic hydroxyl groups is 1. The predicted molar refractivity (Wildman–Crippen MR) is 79.0 cm³/mol. The lowest BCUT2D eigenvalue weighted by atomic mass is 9.93. The van der Waals surface area contributed by atoms with Gasteiger partial charge in [-0.25, -0.2) is 0 Å². The topological polar surface area (TPSA) is 53.4 Å². The van der Waals surface area contributed by atoms with Crippen molar-refractivity contribution >= 4 is 12.0 Å². The molecule has 20 heavy (non-hydrogen) atoms. The van der Waals surface area contributed by atoms with Gasteiger partial charge in [-0.05, 0) is 50.0 Å². The minimum absolute atomic E-state index is 0.0110. The van der Waals surface area contributed by atoms with E-state index in [0.717, 1.165) is 30.5 Å². The number of aliphatic hydroxyl groups excluding tert-OH is 1. The smallest absolute Gasteiger partial charge is 0.246 e. The second-order valence-electron chi connectivity index (χ2n) is 5.56. The molecule has 2 unspecified atom stereocenters. The number of aryl methyl sites for hydroxylation is 1. The van der Waals surface area contributed by atoms with E-state index < -0.39 is 0 Å². The van der Waals surface area contributed by atoms with Crippen LogP contribution < -0.4 is 0 Å². The summed E-state index contributed by atoms with van der Waals surface area (Å²) in [6.07, 6.45) is 8.53. The van der Waals surface area contributed by atoms with E-state index in [4.69, 9.17) is 0 Å². The minimum atomic E-state index is -0.351. The first-order chi connectivity index (χ1) is 9.56. The Morgan fingerprint density at radius 2 is 2.35 bits per heavy atom. The van der Waals surface area contributed by atoms with Crippen LogP contribution in [0, 0.1) is 12.8 Å². The molecule has 4 nitrogen and oxygen atoms in total. The number of carbonyl (C=O) groups is 1. The Hall–Kier alpha value is -1.68. The van der Waals surface area contributed by atoms with Gasteiger partial charge < -0.3 is 10.0 Å². The van der Waals surface area contributed by atoms with Gasteiger partial charge in [0.05, 0.1) is 6.10 Å². The summed E-state index contributed by atoms with van der Waals surface area (Å²) in [6, 6.07) is 1.99. The third kappa shape index (κ3) is 3.90. The van der Waals surface area contributed by atoms with Crippen molar-refractivity contribution in [2.45, 2.75) is 32.8 Å². The molecule has 2 atom stereocenters. The van der Waals surface area contributed by atoms with E-state index in [1.807, 2.05) is 17.9 Å². The third-order valence-electron chi connectivity index (χ3n) is 3.77. The van der Waals surface area contributed by atoms with E-state index in [1.165, 1.54) is 0 Å². The second-order valence-corrected chi connectivity index (χ2v) is 5.56. The molecule has 1 fully saturated rings. The molecule has 0 bridgehead atoms. The lowest BCUT2D eigenvalue weighted by Crippen LogP contribution is -2.42. The summed E-state index contributed by atoms with van der Waals surface area (Å²) in [6.45, 7) is 5.20. The van der Waals surface area contributed by atoms with Crippen molar-refractivity contribution in [3.05, 3.63) is 35.7 Å². The molecular formula is C16H22N2O2. The van der Waals surface area contributed by atoms with E-state index >= 15 is 0 Å². The average molecular weight is 274 g/mol. The molecule has 2 rings (SSSR count). The molecule has 1 saturated heterocycles. The van der Waals surface area contributed by atoms with Crippen LogP contribution in [0.2, 0.25) is 0 Å². The van der Waals surface area contributed by atoms with Crippen molar-refractivity contribution < 1.29 is 9.90 Å². The van der Waals surface area contributed by atoms with E-state index in [-0.39, 0.29) is 17.9 Å². The molecule has 4 heteroatoms. The Labute approximate surface area is 120 Å². The van der Waals surface area contributed by atoms with Gasteiger partial charge in [-0.1, -0.05) is 0 Å². The maximum atomic E-state index is 12.2. The molecule has 0 radical (unpaired) electrons. The molecule has 1 N–H and O–H groups in total. The molecule has 2 heterocycles. The number of piperidine rings is 1. The molecular weight excluding hydrogens is 252 g/mol. The monoisotopic (exact) mass is 274 g/mol. The number of carbonyl (C=O) groups excluding carboxylic acids is 1. The van der Waals surface area contributed by atoms with E-state index in [1.54, 1.807) is 31.5 Å². The molecule has 1 aromatic rings. The Morgan fingerprint density at radius 3 is 3.05 bits per heavy atom. The molecule has 0 spiro atoms. The maximum Gasteiger partial charge on any atom is 0.246 e. The number of hydrogen-bond acceptors (Lipinski definition) is 3. The summed E-state index contributed by atoms with van der Waals surface area (Å²) in [5, 5.41) is 9.65. The highest BCUT2D eigenvalue weighted by Gasteiger charge is 2.25. The van der Waals surface area contributed by atoms with E-state index in [0.29, 0.717) is 6.54 Å². The van der Waals surface area contributed by atoms with Gasteiger partial charge in [0.1, 0.15) is 0 Å². The fourth-order valence-corrected chi connectivity index (χ4v) is 2.55. The van der Waals surface area contributed by atoms with Crippen LogP contribution in [0.25, 0.3) is 6.08 Å². The highest BCUT2D eigenvalue weighted by atomic mass is 16.3. The zero-order valence-corrected chi connectivity index (χ0v) is 12.1. The number of pyridine rings is 1. The quantitative estimate of drug-likeness (QED) is 0.858. The molecule has 1 aliphatic rings. The highest BCUT2D eigenvalue weighted by molar-refractivity contribution is 5.91. The number of rotatable bonds is 3. The predicted octanol–water partition coefficient (Wildman–Crippen LogP) is 2.02. The van der Waals surface area contributed by atoms with Crippen molar-refractivity contribution in [3.8, 4) is 0 Å². The number of nitrogens with zero attached hydrogens (tertiary/aromatic N) is 2. The first-order valence-electron chi connectivity index (χ1n) is 7.13. The van der Waals surface area contributed by atoms with E-state index in [2.05, 4.69) is 4.98 Å². The Morgan fingerprint density at radius 1 is 1.55 bits per heavy atom. The summed E-state index contributed by atoms with van der Waals surface area (Å²) < 4.78 is 0. The average Bonchev–Trinajstić information content (AvgIpc) is 2.45. The van der Waals surface area contributed by atoms with E-state index in [9.17, 15) is 9.90 Å². The zero-order valence-electron chi connectivity index (χ0n) is 12.1. The van der Waals surface area contributed by atoms with Crippen molar-refractivity contribution in [1.82, 2.24) is 9.88 Å². The summed E-state index contributed by atoms with van der Waals surface area (Å²) in [5.74, 6) is 0.207. The Bertz CT molecular complexity index is 497. The Balaban J connectivity index is 1.97.